The molecule has 0 atom stereocenters. The van der Waals surface area contributed by atoms with Crippen LogP contribution in [0.1, 0.15) is 16.7 Å². The zero-order valence-corrected chi connectivity index (χ0v) is 32.7. The summed E-state index contributed by atoms with van der Waals surface area (Å²) in [5.74, 6) is 0.501. The van der Waals surface area contributed by atoms with Crippen LogP contribution in [-0.2, 0) is 0 Å². The van der Waals surface area contributed by atoms with Gasteiger partial charge < -0.3 is 4.57 Å². The normalized spacial score (nSPS) is 10.9. The molecule has 8 aromatic carbocycles. The zero-order chi connectivity index (χ0) is 41.3. The Morgan fingerprint density at radius 2 is 0.803 bits per heavy atom. The molecule has 282 valence electrons. The van der Waals surface area contributed by atoms with E-state index >= 15 is 0 Å². The fourth-order valence-electron chi connectivity index (χ4n) is 8.35. The topological polar surface area (TPSA) is 102 Å². The predicted molar refractivity (Wildman–Crippen MR) is 243 cm³/mol. The van der Waals surface area contributed by atoms with Crippen LogP contribution in [0.25, 0.3) is 94.8 Å². The van der Waals surface area contributed by atoms with Crippen molar-refractivity contribution in [1.29, 1.82) is 15.8 Å². The summed E-state index contributed by atoms with van der Waals surface area (Å²) >= 11 is 0. The minimum absolute atomic E-state index is 0.500. The van der Waals surface area contributed by atoms with Gasteiger partial charge in [-0.1, -0.05) is 140 Å². The highest BCUT2D eigenvalue weighted by Crippen LogP contribution is 2.46. The number of hydrogen-bond donors (Lipinski definition) is 0. The number of nitrogens with zero attached hydrogens (tertiary/aromatic N) is 6. The van der Waals surface area contributed by atoms with E-state index in [2.05, 4.69) is 65.2 Å². The highest BCUT2D eigenvalue weighted by Gasteiger charge is 2.25. The zero-order valence-electron chi connectivity index (χ0n) is 32.7. The molecule has 0 aliphatic carbocycles. The molecule has 6 heteroatoms. The van der Waals surface area contributed by atoms with E-state index in [0.717, 1.165) is 89.0 Å². The number of nitriles is 3. The Balaban J connectivity index is 1.35. The van der Waals surface area contributed by atoms with E-state index in [0.29, 0.717) is 22.5 Å². The Bertz CT molecular complexity index is 3320. The highest BCUT2D eigenvalue weighted by atomic mass is 15.0. The molecule has 0 aliphatic heterocycles. The maximum absolute atomic E-state index is 10.7. The predicted octanol–water partition coefficient (Wildman–Crippen LogP) is 13.2. The van der Waals surface area contributed by atoms with Crippen LogP contribution in [0.5, 0.6) is 0 Å². The van der Waals surface area contributed by atoms with Gasteiger partial charge in [0.25, 0.3) is 0 Å². The molecule has 61 heavy (non-hydrogen) atoms. The van der Waals surface area contributed by atoms with Crippen molar-refractivity contribution in [3.05, 3.63) is 211 Å². The standard InChI is InChI=1S/C55H32N6/c56-33-39-19-7-10-22-43(39)38-27-28-53-47(29-38)46-25-13-14-26-52(46)61(53)54-48(44-23-11-8-20-40(44)34-57)30-42(31-49(54)45-24-12-9-21-41(45)35-58)55-59-50(36-15-3-1-4-16-36)32-51(60-55)37-17-5-2-6-18-37/h1-32H. The van der Waals surface area contributed by atoms with Crippen molar-refractivity contribution in [2.45, 2.75) is 0 Å². The Morgan fingerprint density at radius 1 is 0.344 bits per heavy atom. The lowest BCUT2D eigenvalue weighted by Crippen LogP contribution is -2.04. The maximum Gasteiger partial charge on any atom is 0.160 e. The Hall–Kier alpha value is -8.89. The molecule has 10 rings (SSSR count). The van der Waals surface area contributed by atoms with Gasteiger partial charge >= 0.3 is 0 Å². The third kappa shape index (κ3) is 6.46. The lowest BCUT2D eigenvalue weighted by atomic mass is 9.89. The molecule has 0 saturated heterocycles. The van der Waals surface area contributed by atoms with Gasteiger partial charge in [-0.3, -0.25) is 0 Å². The molecule has 0 amide bonds. The SMILES string of the molecule is N#Cc1ccccc1-c1ccc2c(c1)c1ccccc1n2-c1c(-c2ccccc2C#N)cc(-c2nc(-c3ccccc3)cc(-c3ccccc3)n2)cc1-c1ccccc1C#N. The second-order valence-electron chi connectivity index (χ2n) is 14.7. The van der Waals surface area contributed by atoms with Crippen LogP contribution < -0.4 is 0 Å². The lowest BCUT2D eigenvalue weighted by molar-refractivity contribution is 1.16. The highest BCUT2D eigenvalue weighted by molar-refractivity contribution is 6.12. The Labute approximate surface area is 352 Å². The van der Waals surface area contributed by atoms with Gasteiger partial charge in [0.1, 0.15) is 0 Å². The summed E-state index contributed by atoms with van der Waals surface area (Å²) in [4.78, 5) is 10.5. The first kappa shape index (κ1) is 36.5. The van der Waals surface area contributed by atoms with Crippen molar-refractivity contribution in [1.82, 2.24) is 14.5 Å². The largest absolute Gasteiger partial charge is 0.308 e. The van der Waals surface area contributed by atoms with Crippen molar-refractivity contribution < 1.29 is 0 Å². The Morgan fingerprint density at radius 3 is 1.36 bits per heavy atom. The van der Waals surface area contributed by atoms with Crippen LogP contribution in [0.15, 0.2) is 194 Å². The molecule has 0 spiro atoms. The average Bonchev–Trinajstić information content (AvgIpc) is 3.67. The van der Waals surface area contributed by atoms with Crippen molar-refractivity contribution in [2.24, 2.45) is 0 Å². The molecule has 2 heterocycles. The van der Waals surface area contributed by atoms with E-state index in [9.17, 15) is 15.8 Å². The first-order chi connectivity index (χ1) is 30.1. The molecule has 6 nitrogen and oxygen atoms in total. The van der Waals surface area contributed by atoms with Gasteiger partial charge in [-0.05, 0) is 65.7 Å². The van der Waals surface area contributed by atoms with E-state index in [4.69, 9.17) is 9.97 Å². The van der Waals surface area contributed by atoms with Gasteiger partial charge in [0, 0.05) is 49.7 Å². The van der Waals surface area contributed by atoms with Crippen molar-refractivity contribution in [2.75, 3.05) is 0 Å². The summed E-state index contributed by atoms with van der Waals surface area (Å²) in [5, 5.41) is 33.4. The van der Waals surface area contributed by atoms with Crippen molar-refractivity contribution >= 4 is 21.8 Å². The third-order valence-electron chi connectivity index (χ3n) is 11.2. The van der Waals surface area contributed by atoms with E-state index in [1.807, 2.05) is 152 Å². The van der Waals surface area contributed by atoms with Crippen LogP contribution in [0.3, 0.4) is 0 Å². The van der Waals surface area contributed by atoms with Crippen molar-refractivity contribution in [3.63, 3.8) is 0 Å². The first-order valence-electron chi connectivity index (χ1n) is 19.8. The van der Waals surface area contributed by atoms with E-state index in [1.165, 1.54) is 0 Å². The number of rotatable bonds is 7. The third-order valence-corrected chi connectivity index (χ3v) is 11.2. The number of fused-ring (bicyclic) bond motifs is 3. The minimum atomic E-state index is 0.500. The summed E-state index contributed by atoms with van der Waals surface area (Å²) in [7, 11) is 0. The number of para-hydroxylation sites is 1. The molecule has 0 saturated carbocycles. The smallest absolute Gasteiger partial charge is 0.160 e. The van der Waals surface area contributed by atoms with Crippen LogP contribution in [0, 0.1) is 34.0 Å². The number of hydrogen-bond acceptors (Lipinski definition) is 5. The quantitative estimate of drug-likeness (QED) is 0.160. The second kappa shape index (κ2) is 15.5. The van der Waals surface area contributed by atoms with Gasteiger partial charge in [-0.25, -0.2) is 9.97 Å². The Kier molecular flexibility index (Phi) is 9.24. The molecule has 0 fully saturated rings. The van der Waals surface area contributed by atoms with Crippen LogP contribution in [0.4, 0.5) is 0 Å². The molecule has 10 aromatic rings. The number of benzene rings is 8. The van der Waals surface area contributed by atoms with Gasteiger partial charge in [0.2, 0.25) is 0 Å². The van der Waals surface area contributed by atoms with Gasteiger partial charge in [-0.15, -0.1) is 0 Å². The van der Waals surface area contributed by atoms with E-state index in [1.54, 1.807) is 0 Å². The summed E-state index contributed by atoms with van der Waals surface area (Å²) < 4.78 is 2.25. The molecule has 0 aliphatic rings. The fourth-order valence-corrected chi connectivity index (χ4v) is 8.35. The fraction of sp³-hybridized carbons (Fsp3) is 0. The van der Waals surface area contributed by atoms with E-state index in [-0.39, 0.29) is 0 Å². The summed E-state index contributed by atoms with van der Waals surface area (Å²) in [5.41, 5.74) is 13.2. The van der Waals surface area contributed by atoms with Crippen LogP contribution >= 0.6 is 0 Å². The van der Waals surface area contributed by atoms with Crippen LogP contribution in [-0.4, -0.2) is 14.5 Å². The summed E-state index contributed by atoms with van der Waals surface area (Å²) in [6, 6.07) is 71.1. The van der Waals surface area contributed by atoms with Crippen LogP contribution in [0.2, 0.25) is 0 Å². The molecule has 0 unspecified atom stereocenters. The minimum Gasteiger partial charge on any atom is -0.308 e. The second-order valence-corrected chi connectivity index (χ2v) is 14.7. The monoisotopic (exact) mass is 776 g/mol. The van der Waals surface area contributed by atoms with Gasteiger partial charge in [-0.2, -0.15) is 15.8 Å². The molecule has 0 radical (unpaired) electrons. The molecule has 0 bridgehead atoms. The van der Waals surface area contributed by atoms with E-state index < -0.39 is 0 Å². The summed E-state index contributed by atoms with van der Waals surface area (Å²) in [6.45, 7) is 0. The lowest BCUT2D eigenvalue weighted by Gasteiger charge is -2.22. The average molecular weight is 777 g/mol. The summed E-state index contributed by atoms with van der Waals surface area (Å²) in [6.07, 6.45) is 0. The molecular weight excluding hydrogens is 745 g/mol. The first-order valence-corrected chi connectivity index (χ1v) is 19.8. The van der Waals surface area contributed by atoms with Crippen molar-refractivity contribution in [3.8, 4) is 91.2 Å². The molecular formula is C55H32N6. The number of aromatic nitrogens is 3. The molecule has 2 aromatic heterocycles. The maximum atomic E-state index is 10.7. The van der Waals surface area contributed by atoms with Gasteiger partial charge in [0.05, 0.1) is 63.0 Å². The molecule has 0 N–H and O–H groups in total. The van der Waals surface area contributed by atoms with Gasteiger partial charge in [0.15, 0.2) is 5.82 Å².